The summed E-state index contributed by atoms with van der Waals surface area (Å²) in [5.74, 6) is 0.781. The highest BCUT2D eigenvalue weighted by molar-refractivity contribution is 6.34. The number of amides is 1. The largest absolute Gasteiger partial charge is 0.377 e. The van der Waals surface area contributed by atoms with E-state index in [1.165, 1.54) is 25.7 Å². The van der Waals surface area contributed by atoms with Gasteiger partial charge in [0.25, 0.3) is 5.91 Å². The van der Waals surface area contributed by atoms with Crippen LogP contribution in [0.15, 0.2) is 60.8 Å². The van der Waals surface area contributed by atoms with Crippen LogP contribution in [0.1, 0.15) is 36.0 Å². The molecule has 5 nitrogen and oxygen atoms in total. The Balaban J connectivity index is 1.58. The van der Waals surface area contributed by atoms with Crippen LogP contribution >= 0.6 is 11.6 Å². The van der Waals surface area contributed by atoms with Crippen molar-refractivity contribution in [1.82, 2.24) is 4.98 Å². The second kappa shape index (κ2) is 10.0. The molecule has 166 valence electrons. The van der Waals surface area contributed by atoms with Crippen LogP contribution in [-0.2, 0) is 0 Å². The molecule has 1 saturated heterocycles. The van der Waals surface area contributed by atoms with E-state index >= 15 is 0 Å². The number of aromatic nitrogens is 1. The van der Waals surface area contributed by atoms with E-state index in [-0.39, 0.29) is 5.91 Å². The summed E-state index contributed by atoms with van der Waals surface area (Å²) in [7, 11) is 3.81. The highest BCUT2D eigenvalue weighted by atomic mass is 35.5. The molecule has 1 aliphatic heterocycles. The van der Waals surface area contributed by atoms with E-state index in [4.69, 9.17) is 11.6 Å². The van der Waals surface area contributed by atoms with Gasteiger partial charge in [-0.2, -0.15) is 0 Å². The van der Waals surface area contributed by atoms with Crippen molar-refractivity contribution in [3.63, 3.8) is 0 Å². The number of hydrogen-bond donors (Lipinski definition) is 1. The second-order valence-electron chi connectivity index (χ2n) is 8.37. The average Bonchev–Trinajstić information content (AvgIpc) is 3.09. The van der Waals surface area contributed by atoms with Gasteiger partial charge in [-0.25, -0.2) is 4.98 Å². The number of benzene rings is 2. The van der Waals surface area contributed by atoms with Gasteiger partial charge in [0, 0.05) is 32.7 Å². The first-order valence-electron chi connectivity index (χ1n) is 11.1. The Labute approximate surface area is 195 Å². The third-order valence-corrected chi connectivity index (χ3v) is 6.15. The number of halogens is 1. The molecule has 0 bridgehead atoms. The summed E-state index contributed by atoms with van der Waals surface area (Å²) >= 11 is 6.57. The molecule has 1 amide bonds. The van der Waals surface area contributed by atoms with Crippen molar-refractivity contribution in [1.29, 1.82) is 0 Å². The summed E-state index contributed by atoms with van der Waals surface area (Å²) in [6, 6.07) is 17.5. The van der Waals surface area contributed by atoms with Crippen LogP contribution < -0.4 is 15.1 Å². The fraction of sp³-hybridized carbons (Fsp3) is 0.308. The number of nitrogens with one attached hydrogen (secondary N) is 1. The average molecular weight is 449 g/mol. The Bertz CT molecular complexity index is 1060. The lowest BCUT2D eigenvalue weighted by molar-refractivity contribution is 0.102. The summed E-state index contributed by atoms with van der Waals surface area (Å²) in [5, 5.41) is 3.62. The molecule has 3 aromatic rings. The maximum absolute atomic E-state index is 13.2. The van der Waals surface area contributed by atoms with E-state index < -0.39 is 0 Å². The number of rotatable bonds is 5. The molecule has 0 radical (unpaired) electrons. The first kappa shape index (κ1) is 22.2. The number of hydrogen-bond acceptors (Lipinski definition) is 4. The van der Waals surface area contributed by atoms with Crippen LogP contribution in [-0.4, -0.2) is 38.1 Å². The van der Waals surface area contributed by atoms with Gasteiger partial charge in [0.15, 0.2) is 0 Å². The first-order valence-corrected chi connectivity index (χ1v) is 11.5. The minimum Gasteiger partial charge on any atom is -0.377 e. The van der Waals surface area contributed by atoms with E-state index in [1.54, 1.807) is 6.20 Å². The number of anilines is 3. The van der Waals surface area contributed by atoms with Crippen molar-refractivity contribution >= 4 is 34.7 Å². The molecule has 2 aromatic carbocycles. The normalized spacial score (nSPS) is 14.0. The van der Waals surface area contributed by atoms with Gasteiger partial charge in [-0.05, 0) is 42.7 Å². The zero-order valence-corrected chi connectivity index (χ0v) is 19.4. The van der Waals surface area contributed by atoms with Crippen LogP contribution in [0.3, 0.4) is 0 Å². The molecule has 32 heavy (non-hydrogen) atoms. The molecule has 0 atom stereocenters. The van der Waals surface area contributed by atoms with Gasteiger partial charge >= 0.3 is 0 Å². The van der Waals surface area contributed by atoms with Crippen LogP contribution in [0.2, 0.25) is 5.02 Å². The quantitative estimate of drug-likeness (QED) is 0.512. The molecule has 6 heteroatoms. The molecular weight excluding hydrogens is 420 g/mol. The van der Waals surface area contributed by atoms with E-state index in [2.05, 4.69) is 15.2 Å². The summed E-state index contributed by atoms with van der Waals surface area (Å²) in [4.78, 5) is 22.1. The van der Waals surface area contributed by atoms with Crippen LogP contribution in [0, 0.1) is 0 Å². The fourth-order valence-corrected chi connectivity index (χ4v) is 4.37. The van der Waals surface area contributed by atoms with Crippen molar-refractivity contribution in [2.45, 2.75) is 25.7 Å². The number of nitrogens with zero attached hydrogens (tertiary/aromatic N) is 3. The Morgan fingerprint density at radius 2 is 1.72 bits per heavy atom. The molecule has 0 saturated carbocycles. The monoisotopic (exact) mass is 448 g/mol. The van der Waals surface area contributed by atoms with Gasteiger partial charge in [0.05, 0.1) is 28.2 Å². The molecule has 1 aromatic heterocycles. The molecule has 0 aliphatic carbocycles. The second-order valence-corrected chi connectivity index (χ2v) is 8.78. The molecule has 1 N–H and O–H groups in total. The standard InChI is InChI=1S/C26H29ClN4O/c1-30(2)24-17-23(27)21(19-10-6-5-7-11-19)16-22(24)26(32)29-20-12-13-25(28-18-20)31-14-8-3-4-9-15-31/h5-7,10-13,16-18H,3-4,8-9,14-15H2,1-2H3,(H,29,32). The molecule has 0 unspecified atom stereocenters. The van der Waals surface area contributed by atoms with E-state index in [0.29, 0.717) is 16.3 Å². The fourth-order valence-electron chi connectivity index (χ4n) is 4.10. The maximum atomic E-state index is 13.2. The predicted octanol–water partition coefficient (Wildman–Crippen LogP) is 6.10. The molecule has 2 heterocycles. The van der Waals surface area contributed by atoms with Gasteiger partial charge in [0.1, 0.15) is 5.82 Å². The highest BCUT2D eigenvalue weighted by Crippen LogP contribution is 2.34. The minimum absolute atomic E-state index is 0.188. The topological polar surface area (TPSA) is 48.5 Å². The van der Waals surface area contributed by atoms with Crippen LogP contribution in [0.5, 0.6) is 0 Å². The Kier molecular flexibility index (Phi) is 6.96. The highest BCUT2D eigenvalue weighted by Gasteiger charge is 2.18. The van der Waals surface area contributed by atoms with Crippen molar-refractivity contribution in [2.24, 2.45) is 0 Å². The SMILES string of the molecule is CN(C)c1cc(Cl)c(-c2ccccc2)cc1C(=O)Nc1ccc(N2CCCCCC2)nc1. The summed E-state index contributed by atoms with van der Waals surface area (Å²) in [6.07, 6.45) is 6.71. The van der Waals surface area contributed by atoms with Crippen LogP contribution in [0.4, 0.5) is 17.2 Å². The number of carbonyl (C=O) groups excluding carboxylic acids is 1. The zero-order valence-electron chi connectivity index (χ0n) is 18.6. The van der Waals surface area contributed by atoms with E-state index in [1.807, 2.05) is 73.6 Å². The lowest BCUT2D eigenvalue weighted by Gasteiger charge is -2.22. The Hall–Kier alpha value is -3.05. The molecule has 1 fully saturated rings. The summed E-state index contributed by atoms with van der Waals surface area (Å²) < 4.78 is 0. The van der Waals surface area contributed by atoms with Gasteiger partial charge in [-0.3, -0.25) is 4.79 Å². The van der Waals surface area contributed by atoms with Gasteiger partial charge < -0.3 is 15.1 Å². The van der Waals surface area contributed by atoms with Crippen molar-refractivity contribution in [2.75, 3.05) is 42.3 Å². The van der Waals surface area contributed by atoms with Gasteiger partial charge in [-0.1, -0.05) is 54.8 Å². The number of pyridine rings is 1. The minimum atomic E-state index is -0.188. The third kappa shape index (κ3) is 5.05. The van der Waals surface area contributed by atoms with Gasteiger partial charge in [-0.15, -0.1) is 0 Å². The van der Waals surface area contributed by atoms with Crippen molar-refractivity contribution < 1.29 is 4.79 Å². The Morgan fingerprint density at radius 1 is 1.00 bits per heavy atom. The molecule has 4 rings (SSSR count). The third-order valence-electron chi connectivity index (χ3n) is 5.83. The van der Waals surface area contributed by atoms with Gasteiger partial charge in [0.2, 0.25) is 0 Å². The number of carbonyl (C=O) groups is 1. The predicted molar refractivity (Wildman–Crippen MR) is 134 cm³/mol. The molecule has 1 aliphatic rings. The molecular formula is C26H29ClN4O. The lowest BCUT2D eigenvalue weighted by Crippen LogP contribution is -2.24. The lowest BCUT2D eigenvalue weighted by atomic mass is 10.0. The first-order chi connectivity index (χ1) is 15.5. The van der Waals surface area contributed by atoms with E-state index in [0.717, 1.165) is 35.7 Å². The summed E-state index contributed by atoms with van der Waals surface area (Å²) in [5.41, 5.74) is 3.81. The maximum Gasteiger partial charge on any atom is 0.257 e. The summed E-state index contributed by atoms with van der Waals surface area (Å²) in [6.45, 7) is 2.08. The smallest absolute Gasteiger partial charge is 0.257 e. The van der Waals surface area contributed by atoms with Crippen molar-refractivity contribution in [3.05, 3.63) is 71.4 Å². The van der Waals surface area contributed by atoms with Crippen LogP contribution in [0.25, 0.3) is 11.1 Å². The zero-order chi connectivity index (χ0) is 22.5. The Morgan fingerprint density at radius 3 is 2.34 bits per heavy atom. The molecule has 0 spiro atoms. The van der Waals surface area contributed by atoms with Crippen molar-refractivity contribution in [3.8, 4) is 11.1 Å². The van der Waals surface area contributed by atoms with E-state index in [9.17, 15) is 4.79 Å².